The van der Waals surface area contributed by atoms with Crippen LogP contribution in [0.15, 0.2) is 53.9 Å². The number of hydrogen-bond acceptors (Lipinski definition) is 4. The topological polar surface area (TPSA) is 71.1 Å². The van der Waals surface area contributed by atoms with Gasteiger partial charge in [-0.3, -0.25) is 9.59 Å². The number of amides is 2. The lowest BCUT2D eigenvalue weighted by Gasteiger charge is -2.24. The number of anilines is 2. The van der Waals surface area contributed by atoms with Gasteiger partial charge in [-0.1, -0.05) is 56.3 Å². The predicted octanol–water partition coefficient (Wildman–Crippen LogP) is 5.00. The van der Waals surface area contributed by atoms with Gasteiger partial charge in [-0.25, -0.2) is 4.98 Å². The van der Waals surface area contributed by atoms with Gasteiger partial charge < -0.3 is 10.6 Å². The van der Waals surface area contributed by atoms with Crippen molar-refractivity contribution < 1.29 is 9.59 Å². The van der Waals surface area contributed by atoms with Crippen molar-refractivity contribution in [2.75, 3.05) is 10.6 Å². The Labute approximate surface area is 167 Å². The minimum absolute atomic E-state index is 0.137. The van der Waals surface area contributed by atoms with Gasteiger partial charge in [0.2, 0.25) is 11.8 Å². The molecule has 1 aliphatic rings. The van der Waals surface area contributed by atoms with Gasteiger partial charge in [-0.2, -0.15) is 0 Å². The summed E-state index contributed by atoms with van der Waals surface area (Å²) in [6.45, 7) is 4.32. The molecule has 4 rings (SSSR count). The summed E-state index contributed by atoms with van der Waals surface area (Å²) in [5.74, 6) is -0.389. The van der Waals surface area contributed by atoms with E-state index in [1.165, 1.54) is 16.9 Å². The summed E-state index contributed by atoms with van der Waals surface area (Å²) in [5, 5.41) is 8.17. The van der Waals surface area contributed by atoms with Gasteiger partial charge in [-0.05, 0) is 23.1 Å². The number of thiazole rings is 1. The lowest BCUT2D eigenvalue weighted by molar-refractivity contribution is -0.123. The molecule has 2 aromatic carbocycles. The largest absolute Gasteiger partial charge is 0.326 e. The molecule has 1 aliphatic heterocycles. The zero-order valence-corrected chi connectivity index (χ0v) is 16.5. The summed E-state index contributed by atoms with van der Waals surface area (Å²) >= 11 is 1.39. The van der Waals surface area contributed by atoms with Crippen molar-refractivity contribution in [1.82, 2.24) is 4.98 Å². The normalized spacial score (nSPS) is 15.8. The van der Waals surface area contributed by atoms with E-state index >= 15 is 0 Å². The lowest BCUT2D eigenvalue weighted by Crippen LogP contribution is -2.30. The Morgan fingerprint density at radius 1 is 1.18 bits per heavy atom. The first-order valence-corrected chi connectivity index (χ1v) is 10.1. The minimum atomic E-state index is -0.511. The third kappa shape index (κ3) is 3.68. The first kappa shape index (κ1) is 18.4. The van der Waals surface area contributed by atoms with E-state index in [9.17, 15) is 9.59 Å². The van der Waals surface area contributed by atoms with E-state index < -0.39 is 5.92 Å². The standard InChI is InChI=1S/C22H21N3O2S/c1-13(2)14-7-9-15(10-8-14)19-12-28-22(24-19)25-21(27)17-11-20(26)23-18-6-4-3-5-16(17)18/h3-10,12-13,17H,11H2,1-2H3,(H,23,26)(H,24,25,27). The Bertz CT molecular complexity index is 1020. The van der Waals surface area contributed by atoms with Gasteiger partial charge >= 0.3 is 0 Å². The van der Waals surface area contributed by atoms with Crippen LogP contribution in [-0.2, 0) is 9.59 Å². The number of carbonyl (C=O) groups excluding carboxylic acids is 2. The Balaban J connectivity index is 1.51. The van der Waals surface area contributed by atoms with Crippen molar-refractivity contribution in [1.29, 1.82) is 0 Å². The molecule has 0 spiro atoms. The van der Waals surface area contributed by atoms with Gasteiger partial charge in [0.15, 0.2) is 5.13 Å². The molecule has 6 heteroatoms. The summed E-state index contributed by atoms with van der Waals surface area (Å²) < 4.78 is 0. The fraction of sp³-hybridized carbons (Fsp3) is 0.227. The molecule has 142 valence electrons. The molecule has 0 fully saturated rings. The van der Waals surface area contributed by atoms with E-state index in [-0.39, 0.29) is 18.2 Å². The SMILES string of the molecule is CC(C)c1ccc(-c2csc(NC(=O)C3CC(=O)Nc4ccccc43)n2)cc1. The van der Waals surface area contributed by atoms with Gasteiger partial charge in [0.25, 0.3) is 0 Å². The summed E-state index contributed by atoms with van der Waals surface area (Å²) in [7, 11) is 0. The van der Waals surface area contributed by atoms with Crippen LogP contribution in [0.2, 0.25) is 0 Å². The lowest BCUT2D eigenvalue weighted by atomic mass is 9.90. The number of carbonyl (C=O) groups is 2. The van der Waals surface area contributed by atoms with Crippen molar-refractivity contribution in [3.63, 3.8) is 0 Å². The number of aromatic nitrogens is 1. The molecule has 0 radical (unpaired) electrons. The molecule has 2 N–H and O–H groups in total. The van der Waals surface area contributed by atoms with E-state index in [0.717, 1.165) is 16.8 Å². The number of fused-ring (bicyclic) bond motifs is 1. The van der Waals surface area contributed by atoms with Crippen LogP contribution >= 0.6 is 11.3 Å². The van der Waals surface area contributed by atoms with Crippen LogP contribution in [-0.4, -0.2) is 16.8 Å². The second-order valence-corrected chi connectivity index (χ2v) is 8.05. The quantitative estimate of drug-likeness (QED) is 0.658. The zero-order chi connectivity index (χ0) is 19.7. The average molecular weight is 391 g/mol. The molecular weight excluding hydrogens is 370 g/mol. The maximum absolute atomic E-state index is 12.8. The second-order valence-electron chi connectivity index (χ2n) is 7.20. The van der Waals surface area contributed by atoms with Crippen molar-refractivity contribution in [2.24, 2.45) is 0 Å². The van der Waals surface area contributed by atoms with E-state index in [4.69, 9.17) is 0 Å². The van der Waals surface area contributed by atoms with Gasteiger partial charge in [0.1, 0.15) is 0 Å². The third-order valence-corrected chi connectivity index (χ3v) is 5.68. The molecule has 2 heterocycles. The Morgan fingerprint density at radius 3 is 2.68 bits per heavy atom. The highest BCUT2D eigenvalue weighted by atomic mass is 32.1. The molecule has 5 nitrogen and oxygen atoms in total. The summed E-state index contributed by atoms with van der Waals surface area (Å²) in [4.78, 5) is 29.3. The highest BCUT2D eigenvalue weighted by Crippen LogP contribution is 2.33. The van der Waals surface area contributed by atoms with Gasteiger partial charge in [-0.15, -0.1) is 11.3 Å². The maximum atomic E-state index is 12.8. The predicted molar refractivity (Wildman–Crippen MR) is 113 cm³/mol. The smallest absolute Gasteiger partial charge is 0.234 e. The van der Waals surface area contributed by atoms with E-state index in [1.807, 2.05) is 29.6 Å². The fourth-order valence-corrected chi connectivity index (χ4v) is 4.06. The van der Waals surface area contributed by atoms with E-state index in [2.05, 4.69) is 53.7 Å². The Morgan fingerprint density at radius 2 is 1.93 bits per heavy atom. The molecule has 0 saturated carbocycles. The van der Waals surface area contributed by atoms with Crippen LogP contribution in [0.4, 0.5) is 10.8 Å². The first-order valence-electron chi connectivity index (χ1n) is 9.27. The van der Waals surface area contributed by atoms with E-state index in [1.54, 1.807) is 0 Å². The molecule has 1 unspecified atom stereocenters. The summed E-state index contributed by atoms with van der Waals surface area (Å²) in [6, 6.07) is 15.7. The highest BCUT2D eigenvalue weighted by molar-refractivity contribution is 7.14. The number of hydrogen-bond donors (Lipinski definition) is 2. The number of benzene rings is 2. The maximum Gasteiger partial charge on any atom is 0.234 e. The van der Waals surface area contributed by atoms with Crippen molar-refractivity contribution in [3.05, 3.63) is 65.0 Å². The molecule has 0 aliphatic carbocycles. The van der Waals surface area contributed by atoms with E-state index in [0.29, 0.717) is 16.7 Å². The third-order valence-electron chi connectivity index (χ3n) is 4.92. The Kier molecular flexibility index (Phi) is 4.96. The van der Waals surface area contributed by atoms with Crippen LogP contribution in [0.1, 0.15) is 43.2 Å². The molecule has 28 heavy (non-hydrogen) atoms. The number of rotatable bonds is 4. The van der Waals surface area contributed by atoms with Crippen LogP contribution in [0.3, 0.4) is 0 Å². The van der Waals surface area contributed by atoms with Crippen molar-refractivity contribution >= 4 is 34.0 Å². The van der Waals surface area contributed by atoms with Crippen molar-refractivity contribution in [3.8, 4) is 11.3 Å². The molecule has 2 amide bonds. The minimum Gasteiger partial charge on any atom is -0.326 e. The van der Waals surface area contributed by atoms with Crippen LogP contribution in [0, 0.1) is 0 Å². The summed E-state index contributed by atoms with van der Waals surface area (Å²) in [5.41, 5.74) is 4.66. The molecule has 1 atom stereocenters. The molecular formula is C22H21N3O2S. The highest BCUT2D eigenvalue weighted by Gasteiger charge is 2.30. The summed E-state index contributed by atoms with van der Waals surface area (Å²) in [6.07, 6.45) is 0.137. The monoisotopic (exact) mass is 391 g/mol. The molecule has 1 aromatic heterocycles. The second kappa shape index (κ2) is 7.56. The van der Waals surface area contributed by atoms with Gasteiger partial charge in [0.05, 0.1) is 11.6 Å². The molecule has 3 aromatic rings. The van der Waals surface area contributed by atoms with Crippen LogP contribution < -0.4 is 10.6 Å². The van der Waals surface area contributed by atoms with Gasteiger partial charge in [0, 0.05) is 23.1 Å². The number of para-hydroxylation sites is 1. The van der Waals surface area contributed by atoms with Crippen LogP contribution in [0.5, 0.6) is 0 Å². The molecule has 0 saturated heterocycles. The number of nitrogens with zero attached hydrogens (tertiary/aromatic N) is 1. The average Bonchev–Trinajstić information content (AvgIpc) is 3.15. The first-order chi connectivity index (χ1) is 13.5. The number of nitrogens with one attached hydrogen (secondary N) is 2. The zero-order valence-electron chi connectivity index (χ0n) is 15.7. The van der Waals surface area contributed by atoms with Crippen LogP contribution in [0.25, 0.3) is 11.3 Å². The van der Waals surface area contributed by atoms with Crippen molar-refractivity contribution in [2.45, 2.75) is 32.1 Å². The Hall–Kier alpha value is -2.99. The molecule has 0 bridgehead atoms. The fourth-order valence-electron chi connectivity index (χ4n) is 3.34.